The normalized spacial score (nSPS) is 20.1. The van der Waals surface area contributed by atoms with Crippen LogP contribution in [-0.4, -0.2) is 38.6 Å². The zero-order valence-electron chi connectivity index (χ0n) is 20.0. The van der Waals surface area contributed by atoms with Gasteiger partial charge in [0.05, 0.1) is 5.56 Å². The number of ether oxygens (including phenoxy) is 2. The number of carbonyl (C=O) groups is 2. The van der Waals surface area contributed by atoms with Crippen molar-refractivity contribution in [3.05, 3.63) is 59.4 Å². The average Bonchev–Trinajstić information content (AvgIpc) is 3.45. The molecule has 2 atom stereocenters. The van der Waals surface area contributed by atoms with Gasteiger partial charge in [-0.05, 0) is 44.9 Å². The Bertz CT molecular complexity index is 1350. The van der Waals surface area contributed by atoms with Gasteiger partial charge in [-0.3, -0.25) is 4.79 Å². The molecule has 0 unspecified atom stereocenters. The van der Waals surface area contributed by atoms with E-state index in [4.69, 9.17) is 9.47 Å². The molecule has 2 aromatic carbocycles. The number of halogens is 1. The van der Waals surface area contributed by atoms with Crippen molar-refractivity contribution in [1.29, 1.82) is 0 Å². The molecular weight excluding hydrogens is 489 g/mol. The van der Waals surface area contributed by atoms with Crippen LogP contribution in [0.25, 0.3) is 0 Å². The second-order valence-corrected chi connectivity index (χ2v) is 11.0. The molecule has 2 fully saturated rings. The summed E-state index contributed by atoms with van der Waals surface area (Å²) in [4.78, 5) is 23.7. The van der Waals surface area contributed by atoms with Crippen LogP contribution in [0.15, 0.2) is 42.5 Å². The SMILES string of the molecule is CC(C)(C)OC(=O)N[C@H]1C[C@@H]1C#Cc1ccc(OCc2ccccc2)c(N2CC(=O)NS2(=O)=O)c1F. The lowest BCUT2D eigenvalue weighted by Crippen LogP contribution is -2.34. The number of amides is 2. The van der Waals surface area contributed by atoms with Crippen LogP contribution in [0.2, 0.25) is 0 Å². The summed E-state index contributed by atoms with van der Waals surface area (Å²) in [5.74, 6) is 3.68. The van der Waals surface area contributed by atoms with Gasteiger partial charge in [-0.25, -0.2) is 18.2 Å². The molecule has 2 amide bonds. The molecule has 0 aromatic heterocycles. The van der Waals surface area contributed by atoms with Gasteiger partial charge in [0.1, 0.15) is 30.2 Å². The number of hydrogen-bond acceptors (Lipinski definition) is 6. The highest BCUT2D eigenvalue weighted by molar-refractivity contribution is 7.92. The lowest BCUT2D eigenvalue weighted by Gasteiger charge is -2.20. The summed E-state index contributed by atoms with van der Waals surface area (Å²) in [5.41, 5.74) is -0.288. The minimum absolute atomic E-state index is 0.0436. The first-order valence-electron chi connectivity index (χ1n) is 11.3. The Kier molecular flexibility index (Phi) is 6.82. The maximum absolute atomic E-state index is 15.6. The maximum atomic E-state index is 15.6. The lowest BCUT2D eigenvalue weighted by atomic mass is 10.1. The summed E-state index contributed by atoms with van der Waals surface area (Å²) in [7, 11) is -4.29. The number of hydrogen-bond donors (Lipinski definition) is 2. The van der Waals surface area contributed by atoms with Crippen molar-refractivity contribution in [3.8, 4) is 17.6 Å². The zero-order chi connectivity index (χ0) is 26.1. The van der Waals surface area contributed by atoms with Gasteiger partial charge in [0.15, 0.2) is 5.82 Å². The number of alkyl carbamates (subject to hydrolysis) is 1. The fourth-order valence-electron chi connectivity index (χ4n) is 3.52. The number of nitrogens with zero attached hydrogens (tertiary/aromatic N) is 1. The van der Waals surface area contributed by atoms with Crippen LogP contribution in [-0.2, 0) is 26.3 Å². The Morgan fingerprint density at radius 2 is 1.94 bits per heavy atom. The van der Waals surface area contributed by atoms with E-state index in [1.807, 2.05) is 35.1 Å². The Morgan fingerprint density at radius 1 is 1.22 bits per heavy atom. The summed E-state index contributed by atoms with van der Waals surface area (Å²) in [6, 6.07) is 11.7. The molecule has 0 radical (unpaired) electrons. The summed E-state index contributed by atoms with van der Waals surface area (Å²) in [6.45, 7) is 4.76. The average molecular weight is 516 g/mol. The molecule has 2 N–H and O–H groups in total. The van der Waals surface area contributed by atoms with Crippen LogP contribution in [0.4, 0.5) is 14.9 Å². The molecule has 9 nitrogen and oxygen atoms in total. The number of nitrogens with one attached hydrogen (secondary N) is 2. The van der Waals surface area contributed by atoms with Crippen molar-refractivity contribution in [1.82, 2.24) is 10.0 Å². The smallest absolute Gasteiger partial charge is 0.407 e. The predicted octanol–water partition coefficient (Wildman–Crippen LogP) is 2.85. The first kappa shape index (κ1) is 25.3. The van der Waals surface area contributed by atoms with Crippen molar-refractivity contribution in [2.24, 2.45) is 5.92 Å². The Hall–Kier alpha value is -3.78. The lowest BCUT2D eigenvalue weighted by molar-refractivity contribution is -0.117. The van der Waals surface area contributed by atoms with Crippen LogP contribution >= 0.6 is 0 Å². The topological polar surface area (TPSA) is 114 Å². The highest BCUT2D eigenvalue weighted by atomic mass is 32.2. The summed E-state index contributed by atoms with van der Waals surface area (Å²) >= 11 is 0. The van der Waals surface area contributed by atoms with Crippen molar-refractivity contribution in [2.45, 2.75) is 45.4 Å². The minimum Gasteiger partial charge on any atom is -0.487 e. The van der Waals surface area contributed by atoms with Gasteiger partial charge in [0, 0.05) is 12.0 Å². The summed E-state index contributed by atoms with van der Waals surface area (Å²) < 4.78 is 54.0. The Labute approximate surface area is 209 Å². The van der Waals surface area contributed by atoms with Gasteiger partial charge in [0.2, 0.25) is 0 Å². The first-order chi connectivity index (χ1) is 16.9. The predicted molar refractivity (Wildman–Crippen MR) is 130 cm³/mol. The molecule has 2 aromatic rings. The molecule has 0 spiro atoms. The third kappa shape index (κ3) is 6.07. The van der Waals surface area contributed by atoms with Crippen molar-refractivity contribution >= 4 is 27.9 Å². The molecule has 4 rings (SSSR count). The van der Waals surface area contributed by atoms with Gasteiger partial charge >= 0.3 is 16.3 Å². The molecule has 0 bridgehead atoms. The number of benzene rings is 2. The maximum Gasteiger partial charge on any atom is 0.407 e. The van der Waals surface area contributed by atoms with E-state index in [0.717, 1.165) is 5.56 Å². The molecule has 2 aliphatic rings. The molecule has 1 saturated carbocycles. The van der Waals surface area contributed by atoms with Gasteiger partial charge in [0.25, 0.3) is 5.91 Å². The monoisotopic (exact) mass is 515 g/mol. The van der Waals surface area contributed by atoms with Crippen molar-refractivity contribution < 1.29 is 31.9 Å². The van der Waals surface area contributed by atoms with E-state index in [0.29, 0.717) is 10.7 Å². The number of carbonyl (C=O) groups excluding carboxylic acids is 2. The van der Waals surface area contributed by atoms with E-state index in [-0.39, 0.29) is 29.9 Å². The van der Waals surface area contributed by atoms with Gasteiger partial charge in [-0.2, -0.15) is 8.42 Å². The first-order valence-corrected chi connectivity index (χ1v) is 12.7. The van der Waals surface area contributed by atoms with Gasteiger partial charge in [-0.1, -0.05) is 42.2 Å². The highest BCUT2D eigenvalue weighted by Crippen LogP contribution is 2.37. The second-order valence-electron chi connectivity index (χ2n) is 9.45. The van der Waals surface area contributed by atoms with Crippen LogP contribution < -0.4 is 19.1 Å². The largest absolute Gasteiger partial charge is 0.487 e. The standard InChI is InChI=1S/C25H26FN3O6S/c1-25(2,3)35-24(31)27-19-13-18(19)10-9-17-11-12-20(34-15-16-7-5-4-6-8-16)23(22(17)26)29-14-21(30)28-36(29,32)33/h4-8,11-12,18-19H,13-15H2,1-3H3,(H,27,31)(H,28,30)/t18-,19-/m0/s1. The van der Waals surface area contributed by atoms with Crippen LogP contribution in [0.5, 0.6) is 5.75 Å². The quantitative estimate of drug-likeness (QED) is 0.592. The van der Waals surface area contributed by atoms with E-state index >= 15 is 4.39 Å². The van der Waals surface area contributed by atoms with E-state index < -0.39 is 45.9 Å². The molecular formula is C25H26FN3O6S. The van der Waals surface area contributed by atoms with Crippen molar-refractivity contribution in [3.63, 3.8) is 0 Å². The van der Waals surface area contributed by atoms with E-state index in [2.05, 4.69) is 17.2 Å². The minimum atomic E-state index is -4.29. The highest BCUT2D eigenvalue weighted by Gasteiger charge is 2.39. The molecule has 190 valence electrons. The summed E-state index contributed by atoms with van der Waals surface area (Å²) in [5, 5.41) is 2.71. The van der Waals surface area contributed by atoms with Crippen LogP contribution in [0.3, 0.4) is 0 Å². The number of anilines is 1. The van der Waals surface area contributed by atoms with Crippen molar-refractivity contribution in [2.75, 3.05) is 10.8 Å². The second kappa shape index (κ2) is 9.70. The fourth-order valence-corrected chi connectivity index (χ4v) is 4.68. The van der Waals surface area contributed by atoms with E-state index in [1.165, 1.54) is 12.1 Å². The van der Waals surface area contributed by atoms with E-state index in [9.17, 15) is 18.0 Å². The summed E-state index contributed by atoms with van der Waals surface area (Å²) in [6.07, 6.45) is 0.0272. The van der Waals surface area contributed by atoms with Crippen LogP contribution in [0, 0.1) is 23.6 Å². The molecule has 36 heavy (non-hydrogen) atoms. The molecule has 1 aliphatic heterocycles. The van der Waals surface area contributed by atoms with Crippen LogP contribution in [0.1, 0.15) is 38.3 Å². The zero-order valence-corrected chi connectivity index (χ0v) is 20.8. The van der Waals surface area contributed by atoms with Gasteiger partial charge in [-0.15, -0.1) is 0 Å². The molecule has 1 heterocycles. The molecule has 1 aliphatic carbocycles. The molecule has 1 saturated heterocycles. The van der Waals surface area contributed by atoms with Gasteiger partial charge < -0.3 is 14.8 Å². The fraction of sp³-hybridized carbons (Fsp3) is 0.360. The Balaban J connectivity index is 1.56. The third-order valence-corrected chi connectivity index (χ3v) is 6.65. The number of rotatable bonds is 5. The Morgan fingerprint density at radius 3 is 2.58 bits per heavy atom. The van der Waals surface area contributed by atoms with E-state index in [1.54, 1.807) is 20.8 Å². The third-order valence-electron chi connectivity index (χ3n) is 5.27. The molecule has 11 heteroatoms.